The molecule has 1 N–H and O–H groups in total. The number of alkyl halides is 3. The van der Waals surface area contributed by atoms with Gasteiger partial charge in [-0.15, -0.1) is 0 Å². The molecule has 4 rings (SSSR count). The molecule has 1 amide bonds. The molecule has 0 atom stereocenters. The van der Waals surface area contributed by atoms with Crippen molar-refractivity contribution in [3.63, 3.8) is 0 Å². The number of nitrogens with one attached hydrogen (secondary N) is 1. The van der Waals surface area contributed by atoms with Crippen LogP contribution in [-0.2, 0) is 12.7 Å². The molecule has 8 heteroatoms. The third kappa shape index (κ3) is 4.69. The maximum Gasteiger partial charge on any atom is 0.416 e. The van der Waals surface area contributed by atoms with Gasteiger partial charge in [-0.3, -0.25) is 4.79 Å². The van der Waals surface area contributed by atoms with Crippen LogP contribution in [0.25, 0.3) is 11.3 Å². The van der Waals surface area contributed by atoms with E-state index in [1.807, 2.05) is 29.8 Å². The average Bonchev–Trinajstić information content (AvgIpc) is 3.39. The molecule has 0 spiro atoms. The van der Waals surface area contributed by atoms with Crippen LogP contribution in [0.4, 0.5) is 18.9 Å². The molecule has 0 bridgehead atoms. The number of hydrogen-bond donors (Lipinski definition) is 1. The van der Waals surface area contributed by atoms with E-state index in [1.54, 1.807) is 18.3 Å². The smallest absolute Gasteiger partial charge is 0.416 e. The third-order valence-electron chi connectivity index (χ3n) is 4.79. The van der Waals surface area contributed by atoms with Crippen LogP contribution in [0.3, 0.4) is 0 Å². The molecule has 4 aromatic rings. The first kappa shape index (κ1) is 20.5. The van der Waals surface area contributed by atoms with E-state index in [1.165, 1.54) is 24.3 Å². The Labute approximate surface area is 176 Å². The molecule has 0 saturated carbocycles. The highest BCUT2D eigenvalue weighted by atomic mass is 19.4. The molecule has 0 aliphatic heterocycles. The normalized spacial score (nSPS) is 11.5. The van der Waals surface area contributed by atoms with E-state index < -0.39 is 17.6 Å². The largest absolute Gasteiger partial charge is 0.451 e. The van der Waals surface area contributed by atoms with Crippen LogP contribution in [0, 0.1) is 6.92 Å². The molecule has 2 aromatic carbocycles. The number of amides is 1. The number of rotatable bonds is 5. The van der Waals surface area contributed by atoms with Crippen LogP contribution in [0.5, 0.6) is 0 Å². The summed E-state index contributed by atoms with van der Waals surface area (Å²) in [4.78, 5) is 16.7. The minimum absolute atomic E-state index is 0.00512. The number of imidazole rings is 1. The highest BCUT2D eigenvalue weighted by Gasteiger charge is 2.30. The monoisotopic (exact) mass is 425 g/mol. The molecule has 0 radical (unpaired) electrons. The number of carbonyl (C=O) groups excluding carboxylic acids is 1. The summed E-state index contributed by atoms with van der Waals surface area (Å²) in [6, 6.07) is 15.0. The second-order valence-electron chi connectivity index (χ2n) is 7.00. The van der Waals surface area contributed by atoms with Gasteiger partial charge >= 0.3 is 6.18 Å². The van der Waals surface area contributed by atoms with Crippen LogP contribution in [-0.4, -0.2) is 15.5 Å². The number of halogens is 3. The molecular weight excluding hydrogens is 407 g/mol. The number of furan rings is 1. The summed E-state index contributed by atoms with van der Waals surface area (Å²) >= 11 is 0. The van der Waals surface area contributed by atoms with Crippen molar-refractivity contribution in [2.75, 3.05) is 5.32 Å². The number of anilines is 1. The van der Waals surface area contributed by atoms with E-state index in [0.29, 0.717) is 12.2 Å². The topological polar surface area (TPSA) is 60.1 Å². The van der Waals surface area contributed by atoms with Gasteiger partial charge in [0.25, 0.3) is 5.91 Å². The van der Waals surface area contributed by atoms with Gasteiger partial charge < -0.3 is 14.3 Å². The summed E-state index contributed by atoms with van der Waals surface area (Å²) in [6.45, 7) is 2.59. The van der Waals surface area contributed by atoms with Crippen molar-refractivity contribution in [1.82, 2.24) is 9.55 Å². The van der Waals surface area contributed by atoms with Crippen LogP contribution in [0.15, 0.2) is 77.5 Å². The molecular formula is C23H18F3N3O2. The SMILES string of the molecule is Cc1nccn1Cc1ccc(NC(=O)c2ccc(-c3cccc(C(F)(F)F)c3)o2)cc1. The first-order valence-corrected chi connectivity index (χ1v) is 9.45. The maximum absolute atomic E-state index is 12.9. The van der Waals surface area contributed by atoms with Crippen LogP contribution >= 0.6 is 0 Å². The number of hydrogen-bond acceptors (Lipinski definition) is 3. The van der Waals surface area contributed by atoms with Crippen LogP contribution in [0.2, 0.25) is 0 Å². The Bertz CT molecular complexity index is 1210. The van der Waals surface area contributed by atoms with Crippen LogP contribution in [0.1, 0.15) is 27.5 Å². The molecule has 158 valence electrons. The lowest BCUT2D eigenvalue weighted by molar-refractivity contribution is -0.137. The molecule has 2 heterocycles. The lowest BCUT2D eigenvalue weighted by Crippen LogP contribution is -2.11. The predicted octanol–water partition coefficient (Wildman–Crippen LogP) is 5.77. The van der Waals surface area contributed by atoms with E-state index in [0.717, 1.165) is 23.5 Å². The van der Waals surface area contributed by atoms with Gasteiger partial charge in [-0.2, -0.15) is 13.2 Å². The van der Waals surface area contributed by atoms with E-state index in [-0.39, 0.29) is 17.1 Å². The number of benzene rings is 2. The summed E-state index contributed by atoms with van der Waals surface area (Å²) in [6.07, 6.45) is -0.823. The highest BCUT2D eigenvalue weighted by molar-refractivity contribution is 6.02. The lowest BCUT2D eigenvalue weighted by Gasteiger charge is -2.08. The lowest BCUT2D eigenvalue weighted by atomic mass is 10.1. The Balaban J connectivity index is 1.44. The number of aromatic nitrogens is 2. The zero-order valence-electron chi connectivity index (χ0n) is 16.5. The zero-order valence-corrected chi connectivity index (χ0v) is 16.5. The van der Waals surface area contributed by atoms with Crippen molar-refractivity contribution < 1.29 is 22.4 Å². The summed E-state index contributed by atoms with van der Waals surface area (Å²) in [5.74, 6) is 0.607. The fraction of sp³-hybridized carbons (Fsp3) is 0.130. The van der Waals surface area contributed by atoms with E-state index >= 15 is 0 Å². The second-order valence-corrected chi connectivity index (χ2v) is 7.00. The number of carbonyl (C=O) groups is 1. The van der Waals surface area contributed by atoms with Crippen LogP contribution < -0.4 is 5.32 Å². The van der Waals surface area contributed by atoms with Gasteiger partial charge in [0, 0.05) is 30.2 Å². The molecule has 5 nitrogen and oxygen atoms in total. The fourth-order valence-corrected chi connectivity index (χ4v) is 3.12. The minimum Gasteiger partial charge on any atom is -0.451 e. The minimum atomic E-state index is -4.45. The summed E-state index contributed by atoms with van der Waals surface area (Å²) in [5, 5.41) is 2.72. The highest BCUT2D eigenvalue weighted by Crippen LogP contribution is 2.32. The molecule has 0 fully saturated rings. The quantitative estimate of drug-likeness (QED) is 0.442. The average molecular weight is 425 g/mol. The Morgan fingerprint density at radius 1 is 1.10 bits per heavy atom. The van der Waals surface area contributed by atoms with Crippen molar-refractivity contribution in [1.29, 1.82) is 0 Å². The second kappa shape index (κ2) is 8.14. The summed E-state index contributed by atoms with van der Waals surface area (Å²) < 4.78 is 46.2. The van der Waals surface area contributed by atoms with E-state index in [4.69, 9.17) is 4.42 Å². The van der Waals surface area contributed by atoms with Crippen molar-refractivity contribution in [3.05, 3.63) is 95.8 Å². The molecule has 2 aromatic heterocycles. The van der Waals surface area contributed by atoms with Gasteiger partial charge in [0.15, 0.2) is 5.76 Å². The molecule has 0 unspecified atom stereocenters. The fourth-order valence-electron chi connectivity index (χ4n) is 3.12. The maximum atomic E-state index is 12.9. The molecule has 0 aliphatic carbocycles. The number of aryl methyl sites for hydroxylation is 1. The summed E-state index contributed by atoms with van der Waals surface area (Å²) in [5.41, 5.74) is 1.09. The van der Waals surface area contributed by atoms with Gasteiger partial charge in [-0.05, 0) is 48.9 Å². The van der Waals surface area contributed by atoms with Gasteiger partial charge in [0.1, 0.15) is 11.6 Å². The first-order chi connectivity index (χ1) is 14.8. The van der Waals surface area contributed by atoms with Gasteiger partial charge in [-0.25, -0.2) is 4.98 Å². The van der Waals surface area contributed by atoms with E-state index in [9.17, 15) is 18.0 Å². The first-order valence-electron chi connectivity index (χ1n) is 9.45. The Morgan fingerprint density at radius 3 is 2.55 bits per heavy atom. The molecule has 0 saturated heterocycles. The Morgan fingerprint density at radius 2 is 1.87 bits per heavy atom. The van der Waals surface area contributed by atoms with Crippen molar-refractivity contribution in [2.45, 2.75) is 19.6 Å². The van der Waals surface area contributed by atoms with Gasteiger partial charge in [0.2, 0.25) is 0 Å². The van der Waals surface area contributed by atoms with Gasteiger partial charge in [0.05, 0.1) is 5.56 Å². The standard InChI is InChI=1S/C23H18F3N3O2/c1-15-27-11-12-29(15)14-16-5-7-19(8-6-16)28-22(30)21-10-9-20(31-21)17-3-2-4-18(13-17)23(24,25)26/h2-13H,14H2,1H3,(H,28,30). The predicted molar refractivity (Wildman–Crippen MR) is 110 cm³/mol. The molecule has 31 heavy (non-hydrogen) atoms. The third-order valence-corrected chi connectivity index (χ3v) is 4.79. The Kier molecular flexibility index (Phi) is 5.37. The summed E-state index contributed by atoms with van der Waals surface area (Å²) in [7, 11) is 0. The van der Waals surface area contributed by atoms with Gasteiger partial charge in [-0.1, -0.05) is 24.3 Å². The molecule has 0 aliphatic rings. The van der Waals surface area contributed by atoms with Crippen molar-refractivity contribution in [3.8, 4) is 11.3 Å². The number of nitrogens with zero attached hydrogens (tertiary/aromatic N) is 2. The Hall–Kier alpha value is -3.81. The zero-order chi connectivity index (χ0) is 22.0. The van der Waals surface area contributed by atoms with Crippen molar-refractivity contribution >= 4 is 11.6 Å². The van der Waals surface area contributed by atoms with E-state index in [2.05, 4.69) is 10.3 Å². The van der Waals surface area contributed by atoms with Crippen molar-refractivity contribution in [2.24, 2.45) is 0 Å².